The number of rotatable bonds is 3. The van der Waals surface area contributed by atoms with Crippen LogP contribution in [0.15, 0.2) is 6.20 Å². The molecule has 0 bridgehead atoms. The van der Waals surface area contributed by atoms with Gasteiger partial charge in [0.2, 0.25) is 0 Å². The summed E-state index contributed by atoms with van der Waals surface area (Å²) in [7, 11) is 1.82. The summed E-state index contributed by atoms with van der Waals surface area (Å²) in [6, 6.07) is 0. The molecular weight excluding hydrogens is 152 g/mol. The lowest BCUT2D eigenvalue weighted by molar-refractivity contribution is 0.718. The number of hydrogen-bond donors (Lipinski definition) is 1. The molecule has 0 aliphatic heterocycles. The average Bonchev–Trinajstić information content (AvgIpc) is 2.31. The largest absolute Gasteiger partial charge is 0.368 e. The van der Waals surface area contributed by atoms with Crippen molar-refractivity contribution in [3.05, 3.63) is 6.20 Å². The number of alkyl halides is 1. The fourth-order valence-electron chi connectivity index (χ4n) is 0.625. The smallest absolute Gasteiger partial charge is 0.144 e. The third-order valence-electron chi connectivity index (χ3n) is 1.12. The quantitative estimate of drug-likeness (QED) is 0.654. The minimum Gasteiger partial charge on any atom is -0.368 e. The summed E-state index contributed by atoms with van der Waals surface area (Å²) in [6.07, 6.45) is 1.66. The Morgan fingerprint density at radius 2 is 2.60 bits per heavy atom. The highest BCUT2D eigenvalue weighted by Crippen LogP contribution is 1.98. The van der Waals surface area contributed by atoms with Crippen LogP contribution in [-0.2, 0) is 7.05 Å². The Bertz CT molecular complexity index is 197. The lowest BCUT2D eigenvalue weighted by Crippen LogP contribution is -2.06. The zero-order valence-corrected chi connectivity index (χ0v) is 6.47. The first kappa shape index (κ1) is 7.34. The third-order valence-corrected chi connectivity index (χ3v) is 1.30. The lowest BCUT2D eigenvalue weighted by atomic mass is 10.6. The minimum absolute atomic E-state index is 0.588. The molecule has 0 saturated heterocycles. The van der Waals surface area contributed by atoms with Gasteiger partial charge in [0.05, 0.1) is 6.20 Å². The van der Waals surface area contributed by atoms with E-state index in [0.717, 1.165) is 12.4 Å². The maximum absolute atomic E-state index is 5.46. The van der Waals surface area contributed by atoms with Gasteiger partial charge in [-0.2, -0.15) is 0 Å². The average molecular weight is 161 g/mol. The predicted molar refractivity (Wildman–Crippen MR) is 40.2 cm³/mol. The lowest BCUT2D eigenvalue weighted by Gasteiger charge is -2.00. The van der Waals surface area contributed by atoms with Crippen LogP contribution in [0, 0.1) is 0 Å². The van der Waals surface area contributed by atoms with Gasteiger partial charge < -0.3 is 5.32 Å². The van der Waals surface area contributed by atoms with Crippen molar-refractivity contribution in [3.8, 4) is 0 Å². The van der Waals surface area contributed by atoms with Crippen molar-refractivity contribution in [2.45, 2.75) is 0 Å². The Morgan fingerprint density at radius 1 is 1.80 bits per heavy atom. The van der Waals surface area contributed by atoms with Gasteiger partial charge in [-0.15, -0.1) is 16.7 Å². The fourth-order valence-corrected chi connectivity index (χ4v) is 0.720. The predicted octanol–water partition coefficient (Wildman–Crippen LogP) is 0.466. The van der Waals surface area contributed by atoms with Gasteiger partial charge in [-0.25, -0.2) is 4.68 Å². The Morgan fingerprint density at radius 3 is 3.10 bits per heavy atom. The highest BCUT2D eigenvalue weighted by molar-refractivity contribution is 6.18. The van der Waals surface area contributed by atoms with Crippen molar-refractivity contribution in [1.82, 2.24) is 15.0 Å². The number of nitrogens with zero attached hydrogens (tertiary/aromatic N) is 3. The van der Waals surface area contributed by atoms with Gasteiger partial charge in [0, 0.05) is 19.5 Å². The minimum atomic E-state index is 0.588. The van der Waals surface area contributed by atoms with Gasteiger partial charge in [0.25, 0.3) is 0 Å². The van der Waals surface area contributed by atoms with E-state index < -0.39 is 0 Å². The monoisotopic (exact) mass is 160 g/mol. The van der Waals surface area contributed by atoms with Gasteiger partial charge >= 0.3 is 0 Å². The van der Waals surface area contributed by atoms with Crippen LogP contribution in [0.2, 0.25) is 0 Å². The third kappa shape index (κ3) is 1.60. The van der Waals surface area contributed by atoms with Gasteiger partial charge in [0.15, 0.2) is 0 Å². The molecule has 0 aromatic carbocycles. The van der Waals surface area contributed by atoms with Gasteiger partial charge in [0.1, 0.15) is 5.82 Å². The first-order chi connectivity index (χ1) is 4.84. The van der Waals surface area contributed by atoms with Crippen molar-refractivity contribution in [1.29, 1.82) is 0 Å². The van der Waals surface area contributed by atoms with E-state index in [9.17, 15) is 0 Å². The molecule has 0 aliphatic rings. The Hall–Kier alpha value is -0.770. The first-order valence-corrected chi connectivity index (χ1v) is 3.52. The van der Waals surface area contributed by atoms with Gasteiger partial charge in [-0.05, 0) is 0 Å². The molecule has 5 heteroatoms. The van der Waals surface area contributed by atoms with E-state index in [1.54, 1.807) is 10.9 Å². The Labute approximate surface area is 64.2 Å². The van der Waals surface area contributed by atoms with Crippen molar-refractivity contribution in [2.75, 3.05) is 17.7 Å². The molecule has 1 N–H and O–H groups in total. The molecule has 0 radical (unpaired) electrons. The van der Waals surface area contributed by atoms with Crippen LogP contribution in [0.5, 0.6) is 0 Å². The molecule has 0 saturated carbocycles. The molecule has 56 valence electrons. The van der Waals surface area contributed by atoms with Crippen LogP contribution in [0.3, 0.4) is 0 Å². The van der Waals surface area contributed by atoms with E-state index in [2.05, 4.69) is 15.6 Å². The van der Waals surface area contributed by atoms with E-state index in [4.69, 9.17) is 11.6 Å². The molecular formula is C5H9ClN4. The van der Waals surface area contributed by atoms with Crippen LogP contribution in [0.4, 0.5) is 5.82 Å². The first-order valence-electron chi connectivity index (χ1n) is 2.99. The number of aryl methyl sites for hydroxylation is 1. The summed E-state index contributed by atoms with van der Waals surface area (Å²) in [5.41, 5.74) is 0. The highest BCUT2D eigenvalue weighted by atomic mass is 35.5. The van der Waals surface area contributed by atoms with Gasteiger partial charge in [-0.1, -0.05) is 5.21 Å². The van der Waals surface area contributed by atoms with E-state index in [1.807, 2.05) is 7.05 Å². The summed E-state index contributed by atoms with van der Waals surface area (Å²) in [4.78, 5) is 0. The molecule has 0 spiro atoms. The summed E-state index contributed by atoms with van der Waals surface area (Å²) in [5.74, 6) is 1.48. The van der Waals surface area contributed by atoms with Crippen LogP contribution in [0.25, 0.3) is 0 Å². The zero-order chi connectivity index (χ0) is 7.40. The van der Waals surface area contributed by atoms with Crippen molar-refractivity contribution >= 4 is 17.4 Å². The van der Waals surface area contributed by atoms with Crippen LogP contribution in [0.1, 0.15) is 0 Å². The summed E-state index contributed by atoms with van der Waals surface area (Å²) in [5, 5.41) is 10.5. The molecule has 0 aliphatic carbocycles. The molecule has 1 heterocycles. The molecule has 1 aromatic heterocycles. The van der Waals surface area contributed by atoms with Crippen LogP contribution < -0.4 is 5.32 Å². The second-order valence-electron chi connectivity index (χ2n) is 1.86. The summed E-state index contributed by atoms with van der Waals surface area (Å²) >= 11 is 5.46. The number of nitrogens with one attached hydrogen (secondary N) is 1. The number of hydrogen-bond acceptors (Lipinski definition) is 3. The molecule has 10 heavy (non-hydrogen) atoms. The molecule has 4 nitrogen and oxygen atoms in total. The van der Waals surface area contributed by atoms with Gasteiger partial charge in [-0.3, -0.25) is 0 Å². The topological polar surface area (TPSA) is 42.7 Å². The summed E-state index contributed by atoms with van der Waals surface area (Å²) < 4.78 is 1.66. The standard InChI is InChI=1S/C5H9ClN4/c1-10-5(4-8-9-10)7-3-2-6/h4,7H,2-3H2,1H3. The molecule has 0 amide bonds. The fraction of sp³-hybridized carbons (Fsp3) is 0.600. The van der Waals surface area contributed by atoms with E-state index in [0.29, 0.717) is 5.88 Å². The normalized spacial score (nSPS) is 9.80. The van der Waals surface area contributed by atoms with Crippen LogP contribution >= 0.6 is 11.6 Å². The SMILES string of the molecule is Cn1nncc1NCCCl. The molecule has 0 unspecified atom stereocenters. The maximum Gasteiger partial charge on any atom is 0.144 e. The number of anilines is 1. The maximum atomic E-state index is 5.46. The second-order valence-corrected chi connectivity index (χ2v) is 2.24. The van der Waals surface area contributed by atoms with Crippen molar-refractivity contribution in [2.24, 2.45) is 7.05 Å². The van der Waals surface area contributed by atoms with E-state index in [-0.39, 0.29) is 0 Å². The Kier molecular flexibility index (Phi) is 2.50. The number of aromatic nitrogens is 3. The zero-order valence-electron chi connectivity index (χ0n) is 5.71. The molecule has 0 fully saturated rings. The van der Waals surface area contributed by atoms with E-state index in [1.165, 1.54) is 0 Å². The second kappa shape index (κ2) is 3.41. The van der Waals surface area contributed by atoms with Crippen LogP contribution in [-0.4, -0.2) is 27.4 Å². The highest BCUT2D eigenvalue weighted by Gasteiger charge is 1.94. The molecule has 1 aromatic rings. The Balaban J connectivity index is 2.49. The summed E-state index contributed by atoms with van der Waals surface area (Å²) in [6.45, 7) is 0.739. The molecule has 0 atom stereocenters. The van der Waals surface area contributed by atoms with Crippen molar-refractivity contribution in [3.63, 3.8) is 0 Å². The number of halogens is 1. The van der Waals surface area contributed by atoms with E-state index >= 15 is 0 Å². The van der Waals surface area contributed by atoms with Crippen molar-refractivity contribution < 1.29 is 0 Å². The molecule has 1 rings (SSSR count).